The number of phenols is 1. The van der Waals surface area contributed by atoms with Crippen LogP contribution in [0.3, 0.4) is 0 Å². The van der Waals surface area contributed by atoms with Crippen LogP contribution < -0.4 is 11.1 Å². The van der Waals surface area contributed by atoms with Gasteiger partial charge in [0, 0.05) is 7.05 Å². The van der Waals surface area contributed by atoms with Gasteiger partial charge < -0.3 is 16.2 Å². The summed E-state index contributed by atoms with van der Waals surface area (Å²) in [6, 6.07) is 3.80. The minimum atomic E-state index is -0.705. The maximum absolute atomic E-state index is 11.3. The normalized spacial score (nSPS) is 9.50. The molecular formula is C9H10N2O3. The molecule has 4 N–H and O–H groups in total. The van der Waals surface area contributed by atoms with E-state index in [0.29, 0.717) is 0 Å². The number of benzene rings is 1. The summed E-state index contributed by atoms with van der Waals surface area (Å²) in [4.78, 5) is 22.2. The van der Waals surface area contributed by atoms with Gasteiger partial charge in [0.2, 0.25) is 5.91 Å². The van der Waals surface area contributed by atoms with Crippen LogP contribution >= 0.6 is 0 Å². The highest BCUT2D eigenvalue weighted by Gasteiger charge is 2.14. The van der Waals surface area contributed by atoms with Crippen molar-refractivity contribution in [3.63, 3.8) is 0 Å². The molecule has 1 rings (SSSR count). The minimum absolute atomic E-state index is 0.0694. The summed E-state index contributed by atoms with van der Waals surface area (Å²) in [5, 5.41) is 11.5. The Morgan fingerprint density at radius 1 is 1.36 bits per heavy atom. The van der Waals surface area contributed by atoms with Crippen molar-refractivity contribution < 1.29 is 14.7 Å². The maximum atomic E-state index is 11.3. The van der Waals surface area contributed by atoms with E-state index in [9.17, 15) is 9.59 Å². The largest absolute Gasteiger partial charge is 0.508 e. The zero-order valence-corrected chi connectivity index (χ0v) is 7.57. The molecule has 0 aliphatic rings. The lowest BCUT2D eigenvalue weighted by molar-refractivity contribution is 0.0943. The Morgan fingerprint density at radius 3 is 2.50 bits per heavy atom. The van der Waals surface area contributed by atoms with Crippen molar-refractivity contribution in [2.24, 2.45) is 5.73 Å². The molecule has 1 aromatic carbocycles. The number of nitrogens with one attached hydrogen (secondary N) is 1. The molecule has 0 aliphatic carbocycles. The molecule has 0 atom stereocenters. The highest BCUT2D eigenvalue weighted by Crippen LogP contribution is 2.16. The van der Waals surface area contributed by atoms with Gasteiger partial charge in [-0.05, 0) is 18.2 Å². The molecule has 5 heteroatoms. The molecule has 2 amide bonds. The van der Waals surface area contributed by atoms with Gasteiger partial charge in [0.25, 0.3) is 5.91 Å². The number of nitrogens with two attached hydrogens (primary N) is 1. The predicted octanol–water partition coefficient (Wildman–Crippen LogP) is -0.149. The smallest absolute Gasteiger partial charge is 0.251 e. The van der Waals surface area contributed by atoms with E-state index in [4.69, 9.17) is 10.8 Å². The Morgan fingerprint density at radius 2 is 2.00 bits per heavy atom. The molecule has 0 aromatic heterocycles. The summed E-state index contributed by atoms with van der Waals surface area (Å²) in [7, 11) is 1.43. The van der Waals surface area contributed by atoms with Crippen LogP contribution in [0.1, 0.15) is 20.7 Å². The summed E-state index contributed by atoms with van der Waals surface area (Å²) in [6.45, 7) is 0. The highest BCUT2D eigenvalue weighted by atomic mass is 16.3. The number of primary amides is 1. The van der Waals surface area contributed by atoms with Gasteiger partial charge in [-0.15, -0.1) is 0 Å². The maximum Gasteiger partial charge on any atom is 0.251 e. The summed E-state index contributed by atoms with van der Waals surface area (Å²) in [5.74, 6) is -1.26. The van der Waals surface area contributed by atoms with E-state index in [-0.39, 0.29) is 16.9 Å². The van der Waals surface area contributed by atoms with Crippen LogP contribution in [-0.2, 0) is 0 Å². The number of carbonyl (C=O) groups is 2. The van der Waals surface area contributed by atoms with Gasteiger partial charge in [-0.2, -0.15) is 0 Å². The molecule has 0 unspecified atom stereocenters. The average molecular weight is 194 g/mol. The number of amides is 2. The third-order valence-electron chi connectivity index (χ3n) is 1.74. The number of phenolic OH excluding ortho intramolecular Hbond substituents is 1. The van der Waals surface area contributed by atoms with E-state index in [1.165, 1.54) is 25.2 Å². The zero-order chi connectivity index (χ0) is 10.7. The fourth-order valence-electron chi connectivity index (χ4n) is 1.07. The molecule has 14 heavy (non-hydrogen) atoms. The van der Waals surface area contributed by atoms with Crippen molar-refractivity contribution in [3.05, 3.63) is 29.3 Å². The second-order valence-corrected chi connectivity index (χ2v) is 2.67. The summed E-state index contributed by atoms with van der Waals surface area (Å²) < 4.78 is 0. The number of hydrogen-bond donors (Lipinski definition) is 3. The quantitative estimate of drug-likeness (QED) is 0.611. The minimum Gasteiger partial charge on any atom is -0.508 e. The van der Waals surface area contributed by atoms with E-state index in [1.807, 2.05) is 0 Å². The molecule has 0 saturated heterocycles. The molecule has 1 aromatic rings. The van der Waals surface area contributed by atoms with E-state index in [2.05, 4.69) is 5.32 Å². The first-order valence-electron chi connectivity index (χ1n) is 3.91. The van der Waals surface area contributed by atoms with Gasteiger partial charge in [-0.25, -0.2) is 0 Å². The number of carbonyl (C=O) groups excluding carboxylic acids is 2. The summed E-state index contributed by atoms with van der Waals surface area (Å²) in [5.41, 5.74) is 5.21. The fourth-order valence-corrected chi connectivity index (χ4v) is 1.07. The lowest BCUT2D eigenvalue weighted by Gasteiger charge is -2.05. The van der Waals surface area contributed by atoms with Crippen LogP contribution in [0.4, 0.5) is 0 Å². The molecule has 0 saturated carbocycles. The van der Waals surface area contributed by atoms with Crippen molar-refractivity contribution in [1.29, 1.82) is 0 Å². The monoisotopic (exact) mass is 194 g/mol. The third-order valence-corrected chi connectivity index (χ3v) is 1.74. The summed E-state index contributed by atoms with van der Waals surface area (Å²) in [6.07, 6.45) is 0. The van der Waals surface area contributed by atoms with Gasteiger partial charge >= 0.3 is 0 Å². The van der Waals surface area contributed by atoms with Crippen LogP contribution in [0, 0.1) is 0 Å². The van der Waals surface area contributed by atoms with Gasteiger partial charge in [0.15, 0.2) is 0 Å². The Kier molecular flexibility index (Phi) is 2.71. The SMILES string of the molecule is CNC(=O)c1cc(O)ccc1C(N)=O. The number of aromatic hydroxyl groups is 1. The van der Waals surface area contributed by atoms with Crippen molar-refractivity contribution in [2.45, 2.75) is 0 Å². The van der Waals surface area contributed by atoms with E-state index in [1.54, 1.807) is 0 Å². The van der Waals surface area contributed by atoms with Crippen molar-refractivity contribution >= 4 is 11.8 Å². The Hall–Kier alpha value is -2.04. The van der Waals surface area contributed by atoms with E-state index in [0.717, 1.165) is 0 Å². The van der Waals surface area contributed by atoms with Gasteiger partial charge in [-0.3, -0.25) is 9.59 Å². The standard InChI is InChI=1S/C9H10N2O3/c1-11-9(14)7-4-5(12)2-3-6(7)8(10)13/h2-4,12H,1H3,(H2,10,13)(H,11,14). The number of hydrogen-bond acceptors (Lipinski definition) is 3. The second kappa shape index (κ2) is 3.78. The van der Waals surface area contributed by atoms with Crippen LogP contribution in [0.2, 0.25) is 0 Å². The molecule has 5 nitrogen and oxygen atoms in total. The van der Waals surface area contributed by atoms with Crippen molar-refractivity contribution in [1.82, 2.24) is 5.32 Å². The first-order chi connectivity index (χ1) is 6.56. The molecule has 0 spiro atoms. The second-order valence-electron chi connectivity index (χ2n) is 2.67. The van der Waals surface area contributed by atoms with E-state index < -0.39 is 11.8 Å². The highest BCUT2D eigenvalue weighted by molar-refractivity contribution is 6.06. The lowest BCUT2D eigenvalue weighted by atomic mass is 10.1. The van der Waals surface area contributed by atoms with Crippen LogP contribution in [0.25, 0.3) is 0 Å². The molecule has 0 aliphatic heterocycles. The molecule has 74 valence electrons. The molecular weight excluding hydrogens is 184 g/mol. The first-order valence-corrected chi connectivity index (χ1v) is 3.91. The van der Waals surface area contributed by atoms with Gasteiger partial charge in [0.05, 0.1) is 11.1 Å². The molecule has 0 fully saturated rings. The number of rotatable bonds is 2. The Bertz CT molecular complexity index is 388. The first kappa shape index (κ1) is 10.0. The Balaban J connectivity index is 3.29. The Labute approximate surface area is 80.5 Å². The fraction of sp³-hybridized carbons (Fsp3) is 0.111. The van der Waals surface area contributed by atoms with Crippen LogP contribution in [0.15, 0.2) is 18.2 Å². The zero-order valence-electron chi connectivity index (χ0n) is 7.57. The van der Waals surface area contributed by atoms with Gasteiger partial charge in [0.1, 0.15) is 5.75 Å². The van der Waals surface area contributed by atoms with Crippen molar-refractivity contribution in [3.8, 4) is 5.75 Å². The molecule has 0 bridgehead atoms. The molecule has 0 radical (unpaired) electrons. The lowest BCUT2D eigenvalue weighted by Crippen LogP contribution is -2.23. The third kappa shape index (κ3) is 1.82. The average Bonchev–Trinajstić information content (AvgIpc) is 2.16. The van der Waals surface area contributed by atoms with Crippen molar-refractivity contribution in [2.75, 3.05) is 7.05 Å². The molecule has 0 heterocycles. The van der Waals surface area contributed by atoms with Crippen LogP contribution in [0.5, 0.6) is 5.75 Å². The summed E-state index contributed by atoms with van der Waals surface area (Å²) >= 11 is 0. The van der Waals surface area contributed by atoms with Gasteiger partial charge in [-0.1, -0.05) is 0 Å². The predicted molar refractivity (Wildman–Crippen MR) is 50.0 cm³/mol. The topological polar surface area (TPSA) is 92.4 Å². The van der Waals surface area contributed by atoms with Crippen LogP contribution in [-0.4, -0.2) is 24.0 Å². The van der Waals surface area contributed by atoms with E-state index >= 15 is 0 Å².